The molecule has 2 aromatic rings. The van der Waals surface area contributed by atoms with Crippen LogP contribution in [-0.2, 0) is 10.2 Å². The third kappa shape index (κ3) is 5.96. The van der Waals surface area contributed by atoms with Crippen molar-refractivity contribution in [3.63, 3.8) is 0 Å². The van der Waals surface area contributed by atoms with Crippen molar-refractivity contribution in [2.45, 2.75) is 65.7 Å². The zero-order valence-corrected chi connectivity index (χ0v) is 24.4. The minimum atomic E-state index is 0.0172. The standard InChI is InChI=1S/C33H44N4O2/c1-24-11-15-34-25(2)30(24)31(39)37-22-26-20-35(21-27(26)23-37)16-12-33(28-9-7-6-8-10-28)13-17-36(18-14-33)29(38)19-32(3,4)5/h6-11,15,22,27H,12-14,16-21,23H2,1-5H3. The van der Waals surface area contributed by atoms with Gasteiger partial charge in [0.15, 0.2) is 0 Å². The van der Waals surface area contributed by atoms with Crippen molar-refractivity contribution in [3.05, 3.63) is 76.8 Å². The van der Waals surface area contributed by atoms with Gasteiger partial charge in [0.05, 0.1) is 11.3 Å². The van der Waals surface area contributed by atoms with Crippen LogP contribution in [0.5, 0.6) is 0 Å². The number of likely N-dealkylation sites (tertiary alicyclic amines) is 2. The average Bonchev–Trinajstić information content (AvgIpc) is 3.46. The fraction of sp³-hybridized carbons (Fsp3) is 0.545. The summed E-state index contributed by atoms with van der Waals surface area (Å²) in [7, 11) is 0. The molecule has 3 aliphatic rings. The van der Waals surface area contributed by atoms with Crippen LogP contribution in [0.1, 0.15) is 73.6 Å². The van der Waals surface area contributed by atoms with Crippen LogP contribution in [0.3, 0.4) is 0 Å². The van der Waals surface area contributed by atoms with Crippen LogP contribution in [0.4, 0.5) is 0 Å². The van der Waals surface area contributed by atoms with E-state index in [1.54, 1.807) is 6.20 Å². The molecule has 1 aromatic heterocycles. The van der Waals surface area contributed by atoms with Crippen molar-refractivity contribution in [3.8, 4) is 0 Å². The Morgan fingerprint density at radius 2 is 1.74 bits per heavy atom. The Morgan fingerprint density at radius 3 is 2.38 bits per heavy atom. The van der Waals surface area contributed by atoms with E-state index in [4.69, 9.17) is 0 Å². The van der Waals surface area contributed by atoms with Gasteiger partial charge in [0.1, 0.15) is 0 Å². The zero-order valence-electron chi connectivity index (χ0n) is 24.4. The number of hydrogen-bond donors (Lipinski definition) is 0. The van der Waals surface area contributed by atoms with E-state index in [1.807, 2.05) is 24.8 Å². The molecule has 2 saturated heterocycles. The number of nitrogens with zero attached hydrogens (tertiary/aromatic N) is 4. The number of carbonyl (C=O) groups is 2. The highest BCUT2D eigenvalue weighted by molar-refractivity contribution is 5.97. The smallest absolute Gasteiger partial charge is 0.259 e. The topological polar surface area (TPSA) is 56.8 Å². The van der Waals surface area contributed by atoms with Crippen molar-refractivity contribution in [2.24, 2.45) is 11.3 Å². The molecule has 0 radical (unpaired) electrons. The van der Waals surface area contributed by atoms with E-state index < -0.39 is 0 Å². The second-order valence-electron chi connectivity index (χ2n) is 13.2. The molecule has 5 rings (SSSR count). The molecule has 4 heterocycles. The Balaban J connectivity index is 1.22. The molecule has 6 heteroatoms. The quantitative estimate of drug-likeness (QED) is 0.507. The second kappa shape index (κ2) is 10.9. The van der Waals surface area contributed by atoms with Gasteiger partial charge in [-0.15, -0.1) is 0 Å². The number of aryl methyl sites for hydroxylation is 2. The summed E-state index contributed by atoms with van der Waals surface area (Å²) in [4.78, 5) is 37.1. The highest BCUT2D eigenvalue weighted by Crippen LogP contribution is 2.40. The third-order valence-corrected chi connectivity index (χ3v) is 9.02. The number of carbonyl (C=O) groups excluding carboxylic acids is 2. The molecule has 0 N–H and O–H groups in total. The highest BCUT2D eigenvalue weighted by Gasteiger charge is 2.40. The van der Waals surface area contributed by atoms with Crippen LogP contribution in [-0.4, -0.2) is 70.8 Å². The molecule has 3 aliphatic heterocycles. The first-order chi connectivity index (χ1) is 18.5. The summed E-state index contributed by atoms with van der Waals surface area (Å²) in [6.07, 6.45) is 7.60. The number of hydrogen-bond acceptors (Lipinski definition) is 4. The molecule has 39 heavy (non-hydrogen) atoms. The normalized spacial score (nSPS) is 21.2. The first-order valence-corrected chi connectivity index (χ1v) is 14.5. The summed E-state index contributed by atoms with van der Waals surface area (Å²) < 4.78 is 0. The molecule has 1 atom stereocenters. The third-order valence-electron chi connectivity index (χ3n) is 9.02. The van der Waals surface area contributed by atoms with Crippen molar-refractivity contribution in [1.82, 2.24) is 19.7 Å². The van der Waals surface area contributed by atoms with Crippen LogP contribution in [0.2, 0.25) is 0 Å². The summed E-state index contributed by atoms with van der Waals surface area (Å²) in [5, 5.41) is 0. The monoisotopic (exact) mass is 528 g/mol. The maximum Gasteiger partial charge on any atom is 0.259 e. The minimum absolute atomic E-state index is 0.0172. The van der Waals surface area contributed by atoms with E-state index in [0.717, 1.165) is 75.4 Å². The molecule has 208 valence electrons. The van der Waals surface area contributed by atoms with Crippen LogP contribution < -0.4 is 0 Å². The van der Waals surface area contributed by atoms with Crippen LogP contribution in [0.15, 0.2) is 54.4 Å². The number of aromatic nitrogens is 1. The Morgan fingerprint density at radius 1 is 1.03 bits per heavy atom. The number of rotatable bonds is 6. The second-order valence-corrected chi connectivity index (χ2v) is 13.2. The molecule has 2 fully saturated rings. The van der Waals surface area contributed by atoms with E-state index in [1.165, 1.54) is 11.1 Å². The first kappa shape index (κ1) is 27.6. The zero-order chi connectivity index (χ0) is 27.8. The van der Waals surface area contributed by atoms with Gasteiger partial charge in [-0.1, -0.05) is 51.1 Å². The van der Waals surface area contributed by atoms with Gasteiger partial charge < -0.3 is 9.80 Å². The van der Waals surface area contributed by atoms with Crippen LogP contribution >= 0.6 is 0 Å². The lowest BCUT2D eigenvalue weighted by atomic mass is 9.70. The van der Waals surface area contributed by atoms with Gasteiger partial charge in [0.2, 0.25) is 5.91 Å². The maximum atomic E-state index is 13.3. The van der Waals surface area contributed by atoms with Gasteiger partial charge in [-0.05, 0) is 73.3 Å². The number of benzene rings is 1. The SMILES string of the molecule is Cc1ccnc(C)c1C(=O)N1C=C2CN(CCC3(c4ccccc4)CCN(C(=O)CC(C)(C)C)CC3)CC2C1. The summed E-state index contributed by atoms with van der Waals surface area (Å²) in [6, 6.07) is 12.9. The van der Waals surface area contributed by atoms with Gasteiger partial charge >= 0.3 is 0 Å². The number of pyridine rings is 1. The largest absolute Gasteiger partial charge is 0.343 e. The van der Waals surface area contributed by atoms with Crippen molar-refractivity contribution >= 4 is 11.8 Å². The number of fused-ring (bicyclic) bond motifs is 1. The molecule has 0 bridgehead atoms. The van der Waals surface area contributed by atoms with Crippen molar-refractivity contribution in [2.75, 3.05) is 39.3 Å². The fourth-order valence-corrected chi connectivity index (χ4v) is 6.76. The molecule has 0 aliphatic carbocycles. The van der Waals surface area contributed by atoms with Gasteiger partial charge in [-0.3, -0.25) is 19.5 Å². The lowest BCUT2D eigenvalue weighted by molar-refractivity contribution is -0.134. The summed E-state index contributed by atoms with van der Waals surface area (Å²) in [5.41, 5.74) is 5.43. The first-order valence-electron chi connectivity index (χ1n) is 14.5. The van der Waals surface area contributed by atoms with Crippen LogP contribution in [0.25, 0.3) is 0 Å². The molecular formula is C33H44N4O2. The molecule has 0 saturated carbocycles. The van der Waals surface area contributed by atoms with Gasteiger partial charge in [-0.25, -0.2) is 0 Å². The van der Waals surface area contributed by atoms with E-state index in [9.17, 15) is 9.59 Å². The van der Waals surface area contributed by atoms with E-state index in [2.05, 4.69) is 72.1 Å². The van der Waals surface area contributed by atoms with Crippen molar-refractivity contribution in [1.29, 1.82) is 0 Å². The molecular weight excluding hydrogens is 484 g/mol. The number of piperidine rings is 1. The summed E-state index contributed by atoms with van der Waals surface area (Å²) in [6.45, 7) is 15.7. The molecule has 0 spiro atoms. The van der Waals surface area contributed by atoms with Gasteiger partial charge in [0, 0.05) is 57.5 Å². The van der Waals surface area contributed by atoms with Gasteiger partial charge in [-0.2, -0.15) is 0 Å². The fourth-order valence-electron chi connectivity index (χ4n) is 6.76. The Hall–Kier alpha value is -2.99. The molecule has 1 unspecified atom stereocenters. The molecule has 6 nitrogen and oxygen atoms in total. The summed E-state index contributed by atoms with van der Waals surface area (Å²) in [5.74, 6) is 0.775. The van der Waals surface area contributed by atoms with Gasteiger partial charge in [0.25, 0.3) is 5.91 Å². The highest BCUT2D eigenvalue weighted by atomic mass is 16.2. The van der Waals surface area contributed by atoms with Crippen LogP contribution in [0, 0.1) is 25.2 Å². The minimum Gasteiger partial charge on any atom is -0.343 e. The average molecular weight is 529 g/mol. The molecule has 2 amide bonds. The Labute approximate surface area is 234 Å². The van der Waals surface area contributed by atoms with E-state index >= 15 is 0 Å². The molecule has 1 aromatic carbocycles. The maximum absolute atomic E-state index is 13.3. The number of amides is 2. The predicted molar refractivity (Wildman–Crippen MR) is 155 cm³/mol. The van der Waals surface area contributed by atoms with E-state index in [0.29, 0.717) is 18.2 Å². The Bertz CT molecular complexity index is 1220. The van der Waals surface area contributed by atoms with Crippen molar-refractivity contribution < 1.29 is 9.59 Å². The lowest BCUT2D eigenvalue weighted by Crippen LogP contribution is -2.47. The Kier molecular flexibility index (Phi) is 7.69. The lowest BCUT2D eigenvalue weighted by Gasteiger charge is -2.43. The summed E-state index contributed by atoms with van der Waals surface area (Å²) >= 11 is 0. The predicted octanol–water partition coefficient (Wildman–Crippen LogP) is 5.36. The van der Waals surface area contributed by atoms with E-state index in [-0.39, 0.29) is 16.7 Å².